The summed E-state index contributed by atoms with van der Waals surface area (Å²) >= 11 is 0. The Balaban J connectivity index is 1.52. The number of rotatable bonds is 5. The Morgan fingerprint density at radius 2 is 2.17 bits per heavy atom. The van der Waals surface area contributed by atoms with Gasteiger partial charge in [0.25, 0.3) is 5.91 Å². The number of carbonyl (C=O) groups is 2. The van der Waals surface area contributed by atoms with Crippen LogP contribution in [0.25, 0.3) is 0 Å². The summed E-state index contributed by atoms with van der Waals surface area (Å²) in [6, 6.07) is 3.66. The van der Waals surface area contributed by atoms with Gasteiger partial charge in [-0.1, -0.05) is 12.8 Å². The summed E-state index contributed by atoms with van der Waals surface area (Å²) in [7, 11) is 0. The van der Waals surface area contributed by atoms with Crippen molar-refractivity contribution < 1.29 is 14.7 Å². The summed E-state index contributed by atoms with van der Waals surface area (Å²) in [6.45, 7) is 1.11. The molecule has 0 bridgehead atoms. The van der Waals surface area contributed by atoms with Crippen LogP contribution in [-0.2, 0) is 11.4 Å². The number of hydrogen-bond acceptors (Lipinski definition) is 4. The van der Waals surface area contributed by atoms with Crippen LogP contribution in [-0.4, -0.2) is 45.9 Å². The number of pyridine rings is 1. The molecule has 2 heterocycles. The van der Waals surface area contributed by atoms with E-state index in [4.69, 9.17) is 5.11 Å². The van der Waals surface area contributed by atoms with E-state index in [0.717, 1.165) is 19.4 Å². The monoisotopic (exact) mass is 317 g/mol. The van der Waals surface area contributed by atoms with Crippen LogP contribution >= 0.6 is 0 Å². The normalized spacial score (nSPS) is 21.9. The number of aliphatic hydroxyl groups excluding tert-OH is 1. The van der Waals surface area contributed by atoms with Gasteiger partial charge in [-0.25, -0.2) is 0 Å². The molecule has 23 heavy (non-hydrogen) atoms. The zero-order chi connectivity index (χ0) is 16.2. The summed E-state index contributed by atoms with van der Waals surface area (Å²) in [5, 5.41) is 12.0. The van der Waals surface area contributed by atoms with E-state index in [9.17, 15) is 9.59 Å². The SMILES string of the molecule is O=C(NCC1CC(=O)N(C2CCCC2)C1)c1cc(CO)ccn1. The highest BCUT2D eigenvalue weighted by atomic mass is 16.3. The first-order chi connectivity index (χ1) is 11.2. The fraction of sp³-hybridized carbons (Fsp3) is 0.588. The van der Waals surface area contributed by atoms with Gasteiger partial charge in [-0.05, 0) is 30.5 Å². The highest BCUT2D eigenvalue weighted by Crippen LogP contribution is 2.29. The largest absolute Gasteiger partial charge is 0.392 e. The van der Waals surface area contributed by atoms with Crippen molar-refractivity contribution in [2.45, 2.75) is 44.8 Å². The number of amides is 2. The first kappa shape index (κ1) is 15.9. The van der Waals surface area contributed by atoms with Gasteiger partial charge >= 0.3 is 0 Å². The number of aromatic nitrogens is 1. The van der Waals surface area contributed by atoms with E-state index in [1.807, 2.05) is 4.90 Å². The third-order valence-corrected chi connectivity index (χ3v) is 4.79. The summed E-state index contributed by atoms with van der Waals surface area (Å²) < 4.78 is 0. The number of nitrogens with one attached hydrogen (secondary N) is 1. The Kier molecular flexibility index (Phi) is 4.91. The predicted molar refractivity (Wildman–Crippen MR) is 84.6 cm³/mol. The van der Waals surface area contributed by atoms with Crippen LogP contribution in [0.3, 0.4) is 0 Å². The van der Waals surface area contributed by atoms with Crippen LogP contribution < -0.4 is 5.32 Å². The number of aliphatic hydroxyl groups is 1. The second-order valence-electron chi connectivity index (χ2n) is 6.47. The summed E-state index contributed by atoms with van der Waals surface area (Å²) in [5.41, 5.74) is 0.960. The van der Waals surface area contributed by atoms with E-state index in [1.54, 1.807) is 12.1 Å². The lowest BCUT2D eigenvalue weighted by atomic mass is 10.1. The molecule has 6 heteroatoms. The maximum Gasteiger partial charge on any atom is 0.269 e. The van der Waals surface area contributed by atoms with E-state index in [1.165, 1.54) is 19.0 Å². The van der Waals surface area contributed by atoms with Crippen LogP contribution in [0.2, 0.25) is 0 Å². The van der Waals surface area contributed by atoms with Gasteiger partial charge in [-0.3, -0.25) is 14.6 Å². The first-order valence-electron chi connectivity index (χ1n) is 8.31. The smallest absolute Gasteiger partial charge is 0.269 e. The lowest BCUT2D eigenvalue weighted by Crippen LogP contribution is -2.36. The lowest BCUT2D eigenvalue weighted by Gasteiger charge is -2.24. The van der Waals surface area contributed by atoms with Crippen LogP contribution in [0.4, 0.5) is 0 Å². The molecule has 1 aliphatic carbocycles. The standard InChI is InChI=1S/C17H23N3O3/c21-11-12-5-6-18-15(7-12)17(23)19-9-13-8-16(22)20(10-13)14-3-1-2-4-14/h5-7,13-14,21H,1-4,8-11H2,(H,19,23). The molecule has 124 valence electrons. The van der Waals surface area contributed by atoms with Crippen LogP contribution in [0.15, 0.2) is 18.3 Å². The topological polar surface area (TPSA) is 82.5 Å². The van der Waals surface area contributed by atoms with E-state index >= 15 is 0 Å². The minimum atomic E-state index is -0.257. The fourth-order valence-electron chi connectivity index (χ4n) is 3.54. The highest BCUT2D eigenvalue weighted by Gasteiger charge is 2.35. The Morgan fingerprint density at radius 1 is 1.39 bits per heavy atom. The van der Waals surface area contributed by atoms with Crippen molar-refractivity contribution in [3.63, 3.8) is 0 Å². The van der Waals surface area contributed by atoms with Gasteiger partial charge in [-0.15, -0.1) is 0 Å². The molecule has 6 nitrogen and oxygen atoms in total. The summed E-state index contributed by atoms with van der Waals surface area (Å²) in [5.74, 6) is 0.136. The minimum absolute atomic E-state index is 0.115. The molecule has 2 N–H and O–H groups in total. The van der Waals surface area contributed by atoms with Crippen LogP contribution in [0, 0.1) is 5.92 Å². The third-order valence-electron chi connectivity index (χ3n) is 4.79. The van der Waals surface area contributed by atoms with Gasteiger partial charge in [0.15, 0.2) is 0 Å². The quantitative estimate of drug-likeness (QED) is 0.852. The maximum absolute atomic E-state index is 12.1. The van der Waals surface area contributed by atoms with Crippen molar-refractivity contribution in [1.82, 2.24) is 15.2 Å². The molecule has 0 spiro atoms. The van der Waals surface area contributed by atoms with Crippen molar-refractivity contribution >= 4 is 11.8 Å². The van der Waals surface area contributed by atoms with Crippen molar-refractivity contribution in [1.29, 1.82) is 0 Å². The molecule has 1 saturated carbocycles. The zero-order valence-electron chi connectivity index (χ0n) is 13.2. The highest BCUT2D eigenvalue weighted by molar-refractivity contribution is 5.92. The number of carbonyl (C=O) groups excluding carboxylic acids is 2. The van der Waals surface area contributed by atoms with E-state index in [0.29, 0.717) is 30.3 Å². The Labute approximate surface area is 135 Å². The van der Waals surface area contributed by atoms with Crippen molar-refractivity contribution in [3.8, 4) is 0 Å². The molecular weight excluding hydrogens is 294 g/mol. The zero-order valence-corrected chi connectivity index (χ0v) is 13.2. The van der Waals surface area contributed by atoms with Crippen molar-refractivity contribution in [2.75, 3.05) is 13.1 Å². The molecule has 1 atom stereocenters. The average Bonchev–Trinajstić information content (AvgIpc) is 3.22. The minimum Gasteiger partial charge on any atom is -0.392 e. The predicted octanol–water partition coefficient (Wildman–Crippen LogP) is 1.09. The van der Waals surface area contributed by atoms with Gasteiger partial charge in [0.2, 0.25) is 5.91 Å². The molecule has 1 unspecified atom stereocenters. The average molecular weight is 317 g/mol. The number of nitrogens with zero attached hydrogens (tertiary/aromatic N) is 2. The second kappa shape index (κ2) is 7.08. The van der Waals surface area contributed by atoms with Crippen LogP contribution in [0.1, 0.15) is 48.2 Å². The molecule has 2 fully saturated rings. The van der Waals surface area contributed by atoms with E-state index in [-0.39, 0.29) is 24.3 Å². The van der Waals surface area contributed by atoms with Gasteiger partial charge < -0.3 is 15.3 Å². The third kappa shape index (κ3) is 3.69. The molecule has 1 aromatic rings. The molecule has 0 radical (unpaired) electrons. The Bertz CT molecular complexity index is 584. The molecule has 3 rings (SSSR count). The second-order valence-corrected chi connectivity index (χ2v) is 6.47. The van der Waals surface area contributed by atoms with Crippen LogP contribution in [0.5, 0.6) is 0 Å². The number of likely N-dealkylation sites (tertiary alicyclic amines) is 1. The summed E-state index contributed by atoms with van der Waals surface area (Å²) in [4.78, 5) is 30.3. The Morgan fingerprint density at radius 3 is 2.91 bits per heavy atom. The molecule has 2 amide bonds. The molecule has 1 aliphatic heterocycles. The molecule has 2 aliphatic rings. The van der Waals surface area contributed by atoms with Gasteiger partial charge in [0.1, 0.15) is 5.69 Å². The van der Waals surface area contributed by atoms with Gasteiger partial charge in [0.05, 0.1) is 6.61 Å². The molecule has 1 saturated heterocycles. The summed E-state index contributed by atoms with van der Waals surface area (Å²) in [6.07, 6.45) is 6.68. The first-order valence-corrected chi connectivity index (χ1v) is 8.31. The lowest BCUT2D eigenvalue weighted by molar-refractivity contribution is -0.129. The van der Waals surface area contributed by atoms with Crippen molar-refractivity contribution in [3.05, 3.63) is 29.6 Å². The van der Waals surface area contributed by atoms with E-state index in [2.05, 4.69) is 10.3 Å². The van der Waals surface area contributed by atoms with Gasteiger partial charge in [0, 0.05) is 37.7 Å². The van der Waals surface area contributed by atoms with Crippen molar-refractivity contribution in [2.24, 2.45) is 5.92 Å². The van der Waals surface area contributed by atoms with Gasteiger partial charge in [-0.2, -0.15) is 0 Å². The molecule has 1 aromatic heterocycles. The Hall–Kier alpha value is -1.95. The molecule has 0 aromatic carbocycles. The van der Waals surface area contributed by atoms with E-state index < -0.39 is 0 Å². The fourth-order valence-corrected chi connectivity index (χ4v) is 3.54. The number of hydrogen-bond donors (Lipinski definition) is 2. The maximum atomic E-state index is 12.1. The molecular formula is C17H23N3O3.